The van der Waals surface area contributed by atoms with Crippen molar-refractivity contribution in [1.82, 2.24) is 24.6 Å². The van der Waals surface area contributed by atoms with Gasteiger partial charge in [0.2, 0.25) is 5.82 Å². The highest BCUT2D eigenvalue weighted by molar-refractivity contribution is 7.92. The number of nitrogens with zero attached hydrogens (tertiary/aromatic N) is 6. The number of fused-ring (bicyclic) bond motifs is 1. The number of aromatic amines is 1. The fourth-order valence-electron chi connectivity index (χ4n) is 10.7. The number of rotatable bonds is 14. The lowest BCUT2D eigenvalue weighted by molar-refractivity contribution is -0.384. The van der Waals surface area contributed by atoms with E-state index in [4.69, 9.17) is 9.47 Å². The van der Waals surface area contributed by atoms with E-state index in [1.54, 1.807) is 43.0 Å². The lowest BCUT2D eigenvalue weighted by Gasteiger charge is -2.57. The van der Waals surface area contributed by atoms with Crippen molar-refractivity contribution in [2.24, 2.45) is 15.7 Å². The van der Waals surface area contributed by atoms with Gasteiger partial charge in [0.15, 0.2) is 0 Å². The van der Waals surface area contributed by atoms with Gasteiger partial charge in [0.1, 0.15) is 22.0 Å². The molecule has 68 heavy (non-hydrogen) atoms. The maximum atomic E-state index is 14.0. The third kappa shape index (κ3) is 10.5. The first kappa shape index (κ1) is 47.4. The van der Waals surface area contributed by atoms with E-state index in [2.05, 4.69) is 77.3 Å². The Balaban J connectivity index is 0.884. The lowest BCUT2D eigenvalue weighted by atomic mass is 9.59. The van der Waals surface area contributed by atoms with Crippen molar-refractivity contribution in [2.45, 2.75) is 94.2 Å². The molecule has 19 heteroatoms. The first-order valence-electron chi connectivity index (χ1n) is 23.6. The van der Waals surface area contributed by atoms with E-state index in [9.17, 15) is 27.5 Å². The van der Waals surface area contributed by atoms with Crippen molar-refractivity contribution in [1.29, 1.82) is 0 Å². The van der Waals surface area contributed by atoms with Gasteiger partial charge in [-0.2, -0.15) is 0 Å². The molecule has 1 spiro atoms. The number of nitrogens with one attached hydrogen (secondary N) is 3. The van der Waals surface area contributed by atoms with Crippen LogP contribution >= 0.6 is 0 Å². The molecule has 1 atom stereocenters. The summed E-state index contributed by atoms with van der Waals surface area (Å²) < 4.78 is 58.6. The molecule has 3 aromatic heterocycles. The van der Waals surface area contributed by atoms with Crippen LogP contribution in [0.5, 0.6) is 11.5 Å². The van der Waals surface area contributed by atoms with E-state index in [-0.39, 0.29) is 40.5 Å². The van der Waals surface area contributed by atoms with Crippen LogP contribution in [0.4, 0.5) is 17.2 Å². The number of hydrogen-bond acceptors (Lipinski definition) is 14. The molecular weight excluding hydrogens is 907 g/mol. The summed E-state index contributed by atoms with van der Waals surface area (Å²) in [5, 5.41) is 16.0. The van der Waals surface area contributed by atoms with Crippen LogP contribution in [0.25, 0.3) is 11.0 Å². The molecule has 9 rings (SSSR count). The Morgan fingerprint density at radius 3 is 2.50 bits per heavy atom. The maximum absolute atomic E-state index is 14.0. The summed E-state index contributed by atoms with van der Waals surface area (Å²) in [4.78, 5) is 41.6. The highest BCUT2D eigenvalue weighted by atomic mass is 32.2. The molecule has 362 valence electrons. The summed E-state index contributed by atoms with van der Waals surface area (Å²) in [6.45, 7) is 8.87. The number of pyridine rings is 2. The summed E-state index contributed by atoms with van der Waals surface area (Å²) in [5.41, 5.74) is 3.90. The summed E-state index contributed by atoms with van der Waals surface area (Å²) in [7, 11) is -6.86. The minimum absolute atomic E-state index is 0.0188. The Hall–Kier alpha value is -5.63. The van der Waals surface area contributed by atoms with Gasteiger partial charge in [-0.15, -0.1) is 0 Å². The first-order chi connectivity index (χ1) is 32.5. The van der Waals surface area contributed by atoms with Crippen LogP contribution in [0.1, 0.15) is 98.7 Å². The molecule has 4 aliphatic rings. The monoisotopic (exact) mass is 967 g/mol. The number of morpholine rings is 1. The van der Waals surface area contributed by atoms with E-state index < -0.39 is 41.2 Å². The number of nitro groups is 1. The predicted octanol–water partition coefficient (Wildman–Crippen LogP) is 8.42. The summed E-state index contributed by atoms with van der Waals surface area (Å²) in [6.07, 6.45) is 14.9. The van der Waals surface area contributed by atoms with Crippen LogP contribution in [0.3, 0.4) is 0 Å². The zero-order valence-electron chi connectivity index (χ0n) is 39.1. The molecule has 0 unspecified atom stereocenters. The van der Waals surface area contributed by atoms with Crippen molar-refractivity contribution < 1.29 is 31.8 Å². The van der Waals surface area contributed by atoms with Crippen molar-refractivity contribution >= 4 is 53.9 Å². The van der Waals surface area contributed by atoms with E-state index in [1.165, 1.54) is 17.3 Å². The number of carbonyl (C=O) groups excluding carboxylic acids is 1. The zero-order valence-corrected chi connectivity index (χ0v) is 40.7. The second-order valence-electron chi connectivity index (χ2n) is 19.6. The number of piperidine rings is 1. The Morgan fingerprint density at radius 1 is 1.00 bits per heavy atom. The van der Waals surface area contributed by atoms with Gasteiger partial charge in [0.05, 0.1) is 48.2 Å². The van der Waals surface area contributed by atoms with E-state index in [1.807, 2.05) is 6.07 Å². The van der Waals surface area contributed by atoms with Gasteiger partial charge < -0.3 is 24.7 Å². The van der Waals surface area contributed by atoms with E-state index in [0.717, 1.165) is 101 Å². The van der Waals surface area contributed by atoms with Gasteiger partial charge in [0, 0.05) is 83.9 Å². The zero-order chi connectivity index (χ0) is 47.8. The Kier molecular flexibility index (Phi) is 13.5. The second kappa shape index (κ2) is 19.4. The molecule has 2 saturated heterocycles. The van der Waals surface area contributed by atoms with Gasteiger partial charge in [-0.25, -0.2) is 27.5 Å². The second-order valence-corrected chi connectivity index (χ2v) is 23.9. The molecule has 1 amide bonds. The number of ether oxygens (including phenoxy) is 2. The van der Waals surface area contributed by atoms with Gasteiger partial charge >= 0.3 is 5.69 Å². The number of amides is 1. The van der Waals surface area contributed by atoms with Crippen LogP contribution in [0.15, 0.2) is 88.5 Å². The molecule has 0 radical (unpaired) electrons. The topological polar surface area (TPSA) is 214 Å². The average Bonchev–Trinajstić information content (AvgIpc) is 3.78. The molecule has 4 fully saturated rings. The molecule has 2 aliphatic heterocycles. The SMILES string of the molecule is CC(C)c1ccccc1[C@H]1COCCN1C1CC2(CCN(c3ccc(C(=O)NS(=O)(=O)c4cnc(NCC5CCC(N=S(C)(C)=O)CC5)c([N+](=O)[O-])c4)c(Oc4cnc5[nH]ccc5c4)c3)CC2)C1. The van der Waals surface area contributed by atoms with Crippen LogP contribution in [-0.4, -0.2) is 107 Å². The molecule has 0 bridgehead atoms. The summed E-state index contributed by atoms with van der Waals surface area (Å²) in [5.74, 6) is 0.0202. The van der Waals surface area contributed by atoms with Gasteiger partial charge in [-0.1, -0.05) is 38.1 Å². The van der Waals surface area contributed by atoms with E-state index >= 15 is 0 Å². The highest BCUT2D eigenvalue weighted by Crippen LogP contribution is 2.53. The Labute approximate surface area is 398 Å². The fourth-order valence-corrected chi connectivity index (χ4v) is 12.6. The number of benzene rings is 2. The molecule has 2 saturated carbocycles. The number of anilines is 2. The van der Waals surface area contributed by atoms with E-state index in [0.29, 0.717) is 36.5 Å². The summed E-state index contributed by atoms with van der Waals surface area (Å²) in [6, 6.07) is 19.2. The minimum Gasteiger partial charge on any atom is -0.455 e. The standard InChI is InChI=1S/C49H61N9O8S2/c1-32(2)40-7-5-6-8-41(40)44-31-65-22-21-57(44)37-26-49(27-37)16-19-56(20-17-49)36-13-14-42(45(24-36)66-38-23-34-15-18-50-46(34)52-29-38)48(59)55-68(63,64)39-25-43(58(60)61)47(53-30-39)51-28-33-9-11-35(12-10-33)54-67(3,4)62/h5-8,13-15,18,23-25,29-30,32-33,35,37,44H,9-12,16-17,19-22,26-28,31H2,1-4H3,(H,50,52)(H,51,53)(H,55,59)/t33?,35?,44-/m1/s1. The van der Waals surface area contributed by atoms with Crippen LogP contribution in [-0.2, 0) is 24.5 Å². The number of aromatic nitrogens is 3. The Bertz CT molecular complexity index is 2900. The molecule has 17 nitrogen and oxygen atoms in total. The number of sulfonamides is 1. The van der Waals surface area contributed by atoms with Crippen LogP contribution in [0.2, 0.25) is 0 Å². The summed E-state index contributed by atoms with van der Waals surface area (Å²) >= 11 is 0. The van der Waals surface area contributed by atoms with Crippen LogP contribution < -0.4 is 19.7 Å². The number of hydrogen-bond donors (Lipinski definition) is 3. The molecule has 3 N–H and O–H groups in total. The number of carbonyl (C=O) groups is 1. The van der Waals surface area contributed by atoms with Crippen molar-refractivity contribution in [3.63, 3.8) is 0 Å². The average molecular weight is 968 g/mol. The van der Waals surface area contributed by atoms with Gasteiger partial charge in [-0.05, 0) is 104 Å². The quantitative estimate of drug-likeness (QED) is 0.0705. The van der Waals surface area contributed by atoms with Crippen molar-refractivity contribution in [2.75, 3.05) is 62.1 Å². The molecule has 2 aliphatic carbocycles. The number of H-pyrrole nitrogens is 1. The fraction of sp³-hybridized carbons (Fsp3) is 0.490. The molecule has 5 aromatic rings. The lowest BCUT2D eigenvalue weighted by Crippen LogP contribution is -2.58. The maximum Gasteiger partial charge on any atom is 0.312 e. The van der Waals surface area contributed by atoms with Crippen molar-refractivity contribution in [3.8, 4) is 11.5 Å². The van der Waals surface area contributed by atoms with Crippen molar-refractivity contribution in [3.05, 3.63) is 106 Å². The normalized spacial score (nSPS) is 21.4. The van der Waals surface area contributed by atoms with Gasteiger partial charge in [0.25, 0.3) is 15.9 Å². The van der Waals surface area contributed by atoms with Crippen LogP contribution in [0, 0.1) is 21.4 Å². The predicted molar refractivity (Wildman–Crippen MR) is 263 cm³/mol. The third-order valence-electron chi connectivity index (χ3n) is 14.3. The minimum atomic E-state index is -4.65. The molecule has 2 aromatic carbocycles. The third-order valence-corrected chi connectivity index (χ3v) is 16.4. The molecular formula is C49H61N9O8S2. The molecule has 5 heterocycles. The Morgan fingerprint density at radius 2 is 1.76 bits per heavy atom. The largest absolute Gasteiger partial charge is 0.455 e. The van der Waals surface area contributed by atoms with Gasteiger partial charge in [-0.3, -0.25) is 24.0 Å². The smallest absolute Gasteiger partial charge is 0.312 e. The highest BCUT2D eigenvalue weighted by Gasteiger charge is 2.49. The first-order valence-corrected chi connectivity index (χ1v) is 27.4.